The predicted molar refractivity (Wildman–Crippen MR) is 77.3 cm³/mol. The summed E-state index contributed by atoms with van der Waals surface area (Å²) >= 11 is 0. The van der Waals surface area contributed by atoms with Crippen molar-refractivity contribution in [1.29, 1.82) is 0 Å². The highest BCUT2D eigenvalue weighted by Crippen LogP contribution is 2.35. The summed E-state index contributed by atoms with van der Waals surface area (Å²) in [6.07, 6.45) is 4.43. The molecule has 21 heavy (non-hydrogen) atoms. The minimum Gasteiger partial charge on any atom is -0.493 e. The third-order valence-corrected chi connectivity index (χ3v) is 3.82. The van der Waals surface area contributed by atoms with Crippen molar-refractivity contribution in [1.82, 2.24) is 0 Å². The molecule has 1 aliphatic carbocycles. The number of rotatable bonds is 6. The van der Waals surface area contributed by atoms with Crippen LogP contribution in [0, 0.1) is 10.1 Å². The van der Waals surface area contributed by atoms with E-state index in [1.165, 1.54) is 6.92 Å². The van der Waals surface area contributed by atoms with E-state index in [0.717, 1.165) is 25.7 Å². The molecule has 116 valence electrons. The van der Waals surface area contributed by atoms with Gasteiger partial charge in [0, 0.05) is 4.92 Å². The molecule has 1 aliphatic rings. The Labute approximate surface area is 123 Å². The van der Waals surface area contributed by atoms with Crippen LogP contribution in [0.3, 0.4) is 0 Å². The van der Waals surface area contributed by atoms with Gasteiger partial charge in [-0.1, -0.05) is 6.07 Å². The van der Waals surface area contributed by atoms with Crippen LogP contribution >= 0.6 is 0 Å². The topological polar surface area (TPSA) is 81.8 Å². The zero-order chi connectivity index (χ0) is 15.5. The summed E-state index contributed by atoms with van der Waals surface area (Å²) in [4.78, 5) is 10.1. The summed E-state index contributed by atoms with van der Waals surface area (Å²) in [6.45, 7) is 0.874. The summed E-state index contributed by atoms with van der Waals surface area (Å²) in [5.41, 5.74) is -1.09. The van der Waals surface area contributed by atoms with Gasteiger partial charge < -0.3 is 14.6 Å². The quantitative estimate of drug-likeness (QED) is 0.644. The fourth-order valence-corrected chi connectivity index (χ4v) is 2.63. The van der Waals surface area contributed by atoms with Crippen LogP contribution in [0.1, 0.15) is 38.2 Å². The van der Waals surface area contributed by atoms with Gasteiger partial charge in [0.1, 0.15) is 0 Å². The zero-order valence-corrected chi connectivity index (χ0v) is 12.4. The Morgan fingerprint density at radius 3 is 2.62 bits per heavy atom. The van der Waals surface area contributed by atoms with Gasteiger partial charge in [0.05, 0.1) is 13.2 Å². The van der Waals surface area contributed by atoms with Gasteiger partial charge in [-0.15, -0.1) is 0 Å². The maximum absolute atomic E-state index is 10.7. The number of hydrogen-bond acceptors (Lipinski definition) is 5. The van der Waals surface area contributed by atoms with E-state index in [2.05, 4.69) is 0 Å². The average molecular weight is 295 g/mol. The second-order valence-electron chi connectivity index (χ2n) is 5.65. The van der Waals surface area contributed by atoms with Gasteiger partial charge in [-0.05, 0) is 50.3 Å². The maximum atomic E-state index is 10.7. The first-order valence-electron chi connectivity index (χ1n) is 7.12. The Morgan fingerprint density at radius 1 is 1.38 bits per heavy atom. The van der Waals surface area contributed by atoms with Crippen LogP contribution in [0.2, 0.25) is 0 Å². The van der Waals surface area contributed by atoms with Crippen molar-refractivity contribution in [3.8, 4) is 11.5 Å². The minimum atomic E-state index is -1.54. The highest BCUT2D eigenvalue weighted by molar-refractivity contribution is 5.44. The SMILES string of the molecule is COc1ccc(C(C)(O)C[N+](=O)[O-])cc1OC1CCCC1. The molecule has 0 saturated heterocycles. The Bertz CT molecular complexity index is 509. The predicted octanol–water partition coefficient (Wildman–Crippen LogP) is 2.50. The van der Waals surface area contributed by atoms with E-state index in [1.54, 1.807) is 25.3 Å². The molecule has 0 bridgehead atoms. The summed E-state index contributed by atoms with van der Waals surface area (Å²) in [7, 11) is 1.55. The van der Waals surface area contributed by atoms with E-state index in [9.17, 15) is 15.2 Å². The fourth-order valence-electron chi connectivity index (χ4n) is 2.63. The molecule has 2 rings (SSSR count). The highest BCUT2D eigenvalue weighted by Gasteiger charge is 2.31. The lowest BCUT2D eigenvalue weighted by molar-refractivity contribution is -0.501. The number of nitro groups is 1. The first kappa shape index (κ1) is 15.6. The van der Waals surface area contributed by atoms with Crippen LogP contribution in [0.4, 0.5) is 0 Å². The van der Waals surface area contributed by atoms with Gasteiger partial charge in [0.2, 0.25) is 6.54 Å². The molecule has 1 unspecified atom stereocenters. The zero-order valence-electron chi connectivity index (χ0n) is 12.4. The van der Waals surface area contributed by atoms with E-state index in [-0.39, 0.29) is 6.10 Å². The number of methoxy groups -OCH3 is 1. The van der Waals surface area contributed by atoms with Crippen LogP contribution in [0.15, 0.2) is 18.2 Å². The van der Waals surface area contributed by atoms with Crippen molar-refractivity contribution < 1.29 is 19.5 Å². The van der Waals surface area contributed by atoms with Gasteiger partial charge in [-0.25, -0.2) is 0 Å². The number of aliphatic hydroxyl groups is 1. The number of nitrogens with zero attached hydrogens (tertiary/aromatic N) is 1. The van der Waals surface area contributed by atoms with Crippen molar-refractivity contribution in [3.63, 3.8) is 0 Å². The summed E-state index contributed by atoms with van der Waals surface area (Å²) in [6, 6.07) is 4.94. The van der Waals surface area contributed by atoms with E-state index in [4.69, 9.17) is 9.47 Å². The third-order valence-electron chi connectivity index (χ3n) is 3.82. The second-order valence-corrected chi connectivity index (χ2v) is 5.65. The smallest absolute Gasteiger partial charge is 0.236 e. The molecule has 1 fully saturated rings. The maximum Gasteiger partial charge on any atom is 0.236 e. The number of ether oxygens (including phenoxy) is 2. The molecule has 1 atom stereocenters. The van der Waals surface area contributed by atoms with Crippen LogP contribution in [-0.4, -0.2) is 29.8 Å². The molecule has 6 nitrogen and oxygen atoms in total. The van der Waals surface area contributed by atoms with Crippen LogP contribution in [0.5, 0.6) is 11.5 Å². The standard InChI is InChI=1S/C15H21NO5/c1-15(17,10-16(18)19)11-7-8-13(20-2)14(9-11)21-12-5-3-4-6-12/h7-9,12,17H,3-6,10H2,1-2H3. The van der Waals surface area contributed by atoms with Gasteiger partial charge in [-0.2, -0.15) is 0 Å². The average Bonchev–Trinajstić information content (AvgIpc) is 2.90. The molecule has 0 amide bonds. The van der Waals surface area contributed by atoms with Crippen molar-refractivity contribution in [3.05, 3.63) is 33.9 Å². The van der Waals surface area contributed by atoms with Gasteiger partial charge in [0.25, 0.3) is 0 Å². The number of hydrogen-bond donors (Lipinski definition) is 1. The molecule has 1 aromatic carbocycles. The molecule has 0 aliphatic heterocycles. The van der Waals surface area contributed by atoms with Crippen LogP contribution in [0.25, 0.3) is 0 Å². The lowest BCUT2D eigenvalue weighted by atomic mass is 9.96. The van der Waals surface area contributed by atoms with E-state index in [0.29, 0.717) is 17.1 Å². The Kier molecular flexibility index (Phi) is 4.67. The molecule has 1 saturated carbocycles. The molecule has 6 heteroatoms. The Balaban J connectivity index is 2.25. The first-order valence-corrected chi connectivity index (χ1v) is 7.12. The van der Waals surface area contributed by atoms with Gasteiger partial charge in [-0.3, -0.25) is 10.1 Å². The van der Waals surface area contributed by atoms with Gasteiger partial charge in [0.15, 0.2) is 17.1 Å². The van der Waals surface area contributed by atoms with E-state index in [1.807, 2.05) is 0 Å². The lowest BCUT2D eigenvalue weighted by Gasteiger charge is -2.22. The normalized spacial score (nSPS) is 18.2. The fraction of sp³-hybridized carbons (Fsp3) is 0.600. The molecular formula is C15H21NO5. The monoisotopic (exact) mass is 295 g/mol. The van der Waals surface area contributed by atoms with Crippen LogP contribution < -0.4 is 9.47 Å². The third kappa shape index (κ3) is 3.85. The van der Waals surface area contributed by atoms with Crippen molar-refractivity contribution in [2.75, 3.05) is 13.7 Å². The molecule has 1 N–H and O–H groups in total. The molecular weight excluding hydrogens is 274 g/mol. The van der Waals surface area contributed by atoms with E-state index < -0.39 is 17.1 Å². The van der Waals surface area contributed by atoms with Gasteiger partial charge >= 0.3 is 0 Å². The molecule has 0 spiro atoms. The van der Waals surface area contributed by atoms with Crippen molar-refractivity contribution >= 4 is 0 Å². The summed E-state index contributed by atoms with van der Waals surface area (Å²) < 4.78 is 11.2. The Morgan fingerprint density at radius 2 is 2.05 bits per heavy atom. The second kappa shape index (κ2) is 6.30. The summed E-state index contributed by atoms with van der Waals surface area (Å²) in [5.74, 6) is 1.10. The molecule has 1 aromatic rings. The largest absolute Gasteiger partial charge is 0.493 e. The molecule has 0 aromatic heterocycles. The van der Waals surface area contributed by atoms with Crippen LogP contribution in [-0.2, 0) is 5.60 Å². The lowest BCUT2D eigenvalue weighted by Crippen LogP contribution is -2.30. The van der Waals surface area contributed by atoms with Crippen molar-refractivity contribution in [2.45, 2.75) is 44.3 Å². The minimum absolute atomic E-state index is 0.148. The molecule has 0 heterocycles. The summed E-state index contributed by atoms with van der Waals surface area (Å²) in [5, 5.41) is 20.9. The number of benzene rings is 1. The highest BCUT2D eigenvalue weighted by atomic mass is 16.6. The first-order chi connectivity index (χ1) is 9.92. The molecule has 0 radical (unpaired) electrons. The van der Waals surface area contributed by atoms with Crippen molar-refractivity contribution in [2.24, 2.45) is 0 Å². The van der Waals surface area contributed by atoms with E-state index >= 15 is 0 Å². The Hall–Kier alpha value is -1.82.